The third kappa shape index (κ3) is 4.62. The molecule has 0 saturated heterocycles. The van der Waals surface area contributed by atoms with Crippen LogP contribution >= 0.6 is 0 Å². The summed E-state index contributed by atoms with van der Waals surface area (Å²) in [6.45, 7) is -4.62. The van der Waals surface area contributed by atoms with Gasteiger partial charge in [-0.25, -0.2) is 0 Å². The average molecular weight is 205 g/mol. The second kappa shape index (κ2) is 4.80. The number of rotatable bonds is 3. The Balaban J connectivity index is 0.00000121. The second-order valence-corrected chi connectivity index (χ2v) is 3.46. The van der Waals surface area contributed by atoms with Gasteiger partial charge in [0.15, 0.2) is 0 Å². The van der Waals surface area contributed by atoms with Crippen LogP contribution in [0, 0.1) is 0 Å². The molecule has 0 aromatic carbocycles. The minimum atomic E-state index is -4.62. The van der Waals surface area contributed by atoms with E-state index >= 15 is 0 Å². The second-order valence-electron chi connectivity index (χ2n) is 3.46. The predicted molar refractivity (Wildman–Crippen MR) is 39.3 cm³/mol. The van der Waals surface area contributed by atoms with E-state index in [1.807, 2.05) is 0 Å². The smallest absolute Gasteiger partial charge is 0.449 e. The molecule has 1 aliphatic carbocycles. The van der Waals surface area contributed by atoms with Crippen LogP contribution in [0.15, 0.2) is 0 Å². The molecule has 1 rings (SSSR count). The van der Waals surface area contributed by atoms with E-state index < -0.39 is 18.8 Å². The topological polar surface area (TPSA) is 26.0 Å². The molecular weight excluding hydrogens is 193 g/mol. The van der Waals surface area contributed by atoms with Crippen LogP contribution in [0.25, 0.3) is 0 Å². The van der Waals surface area contributed by atoms with Crippen molar-refractivity contribution in [2.45, 2.75) is 37.5 Å². The Bertz CT molecular complexity index is 146. The van der Waals surface area contributed by atoms with Crippen molar-refractivity contribution in [2.75, 3.05) is 0 Å². The fraction of sp³-hybridized carbons (Fsp3) is 1.00. The number of nitrogens with two attached hydrogens (primary N) is 1. The van der Waals surface area contributed by atoms with Gasteiger partial charge in [-0.3, -0.25) is 0 Å². The first-order valence-corrected chi connectivity index (χ1v) is 3.91. The van der Waals surface area contributed by atoms with E-state index in [4.69, 9.17) is 5.73 Å². The summed E-state index contributed by atoms with van der Waals surface area (Å²) in [7, 11) is 0. The van der Waals surface area contributed by atoms with Crippen molar-refractivity contribution in [3.05, 3.63) is 0 Å². The van der Waals surface area contributed by atoms with E-state index in [0.29, 0.717) is 0 Å². The molecule has 0 spiro atoms. The molecule has 0 aliphatic heterocycles. The van der Waals surface area contributed by atoms with Gasteiger partial charge in [0.25, 0.3) is 0 Å². The van der Waals surface area contributed by atoms with Gasteiger partial charge >= 0.3 is 58.4 Å². The molecule has 0 atom stereocenters. The van der Waals surface area contributed by atoms with Crippen molar-refractivity contribution in [2.24, 2.45) is 5.73 Å². The van der Waals surface area contributed by atoms with Gasteiger partial charge in [0, 0.05) is 5.54 Å². The third-order valence-corrected chi connectivity index (χ3v) is 2.32. The monoisotopic (exact) mass is 205 g/mol. The number of hydrogen-bond donors (Lipinski definition) is 1. The molecule has 0 amide bonds. The fourth-order valence-corrected chi connectivity index (χ4v) is 1.33. The van der Waals surface area contributed by atoms with Crippen LogP contribution in [0.1, 0.15) is 25.7 Å². The molecule has 0 radical (unpaired) electrons. The first-order chi connectivity index (χ1) is 4.91. The van der Waals surface area contributed by atoms with Gasteiger partial charge in [0.2, 0.25) is 0 Å². The largest absolute Gasteiger partial charge is 1.00 e. The van der Waals surface area contributed by atoms with E-state index in [9.17, 15) is 12.9 Å². The third-order valence-electron chi connectivity index (χ3n) is 2.32. The summed E-state index contributed by atoms with van der Waals surface area (Å²) in [5.41, 5.74) is 5.15. The SMILES string of the molecule is NC1(CC[B-](F)(F)F)CCC1.[K+]. The summed E-state index contributed by atoms with van der Waals surface area (Å²) in [6, 6.07) is 0. The molecule has 66 valence electrons. The van der Waals surface area contributed by atoms with Crippen LogP contribution in [0.3, 0.4) is 0 Å². The predicted octanol–water partition coefficient (Wildman–Crippen LogP) is -0.891. The molecule has 0 heterocycles. The van der Waals surface area contributed by atoms with Gasteiger partial charge in [0.1, 0.15) is 0 Å². The van der Waals surface area contributed by atoms with Gasteiger partial charge in [-0.05, 0) is 19.3 Å². The van der Waals surface area contributed by atoms with Crippen molar-refractivity contribution in [1.82, 2.24) is 0 Å². The van der Waals surface area contributed by atoms with Crippen molar-refractivity contribution in [1.29, 1.82) is 0 Å². The van der Waals surface area contributed by atoms with Crippen LogP contribution < -0.4 is 57.1 Å². The van der Waals surface area contributed by atoms with E-state index in [-0.39, 0.29) is 57.8 Å². The summed E-state index contributed by atoms with van der Waals surface area (Å²) in [5.74, 6) is 0. The van der Waals surface area contributed by atoms with Gasteiger partial charge in [0.05, 0.1) is 0 Å². The zero-order chi connectivity index (χ0) is 8.54. The van der Waals surface area contributed by atoms with Crippen LogP contribution in [-0.2, 0) is 0 Å². The molecule has 1 nitrogen and oxygen atoms in total. The Labute approximate surface area is 113 Å². The molecule has 2 N–H and O–H groups in total. The summed E-state index contributed by atoms with van der Waals surface area (Å²) in [4.78, 5) is 0. The zero-order valence-electron chi connectivity index (χ0n) is 7.32. The number of hydrogen-bond acceptors (Lipinski definition) is 1. The first kappa shape index (κ1) is 13.5. The maximum absolute atomic E-state index is 11.8. The summed E-state index contributed by atoms with van der Waals surface area (Å²) in [6.07, 6.45) is 1.96. The van der Waals surface area contributed by atoms with E-state index in [1.165, 1.54) is 0 Å². The Morgan fingerprint density at radius 1 is 1.25 bits per heavy atom. The molecule has 0 aromatic heterocycles. The quantitative estimate of drug-likeness (QED) is 0.594. The molecule has 0 bridgehead atoms. The van der Waals surface area contributed by atoms with Crippen LogP contribution in [0.4, 0.5) is 12.9 Å². The molecule has 6 heteroatoms. The van der Waals surface area contributed by atoms with Crippen LogP contribution in [0.2, 0.25) is 6.32 Å². The van der Waals surface area contributed by atoms with Crippen molar-refractivity contribution < 1.29 is 64.3 Å². The van der Waals surface area contributed by atoms with Crippen molar-refractivity contribution in [3.63, 3.8) is 0 Å². The minimum absolute atomic E-state index is 0. The Kier molecular flexibility index (Phi) is 5.38. The Morgan fingerprint density at radius 3 is 2.00 bits per heavy atom. The molecule has 0 unspecified atom stereocenters. The normalized spacial score (nSPS) is 21.0. The Hall–Kier alpha value is 1.45. The molecule has 1 fully saturated rings. The summed E-state index contributed by atoms with van der Waals surface area (Å²) < 4.78 is 35.3. The molecule has 1 saturated carbocycles. The summed E-state index contributed by atoms with van der Waals surface area (Å²) in [5, 5.41) is 0. The molecule has 0 aromatic rings. The Morgan fingerprint density at radius 2 is 1.75 bits per heavy atom. The van der Waals surface area contributed by atoms with E-state index in [1.54, 1.807) is 0 Å². The van der Waals surface area contributed by atoms with E-state index in [2.05, 4.69) is 0 Å². The van der Waals surface area contributed by atoms with Crippen molar-refractivity contribution in [3.8, 4) is 0 Å². The van der Waals surface area contributed by atoms with Gasteiger partial charge in [-0.1, -0.05) is 12.7 Å². The van der Waals surface area contributed by atoms with Crippen molar-refractivity contribution >= 4 is 6.98 Å². The standard InChI is InChI=1S/C6H12BF3N.K/c8-7(9,10)5-4-6(11)2-1-3-6;/h1-5,11H2;/q-1;+1. The summed E-state index contributed by atoms with van der Waals surface area (Å²) >= 11 is 0. The van der Waals surface area contributed by atoms with Gasteiger partial charge < -0.3 is 18.7 Å². The maximum Gasteiger partial charge on any atom is 1.00 e. The number of halogens is 3. The minimum Gasteiger partial charge on any atom is -0.449 e. The first-order valence-electron chi connectivity index (χ1n) is 3.91. The molecule has 1 aliphatic rings. The maximum atomic E-state index is 11.8. The van der Waals surface area contributed by atoms with Crippen LogP contribution in [-0.4, -0.2) is 12.5 Å². The zero-order valence-corrected chi connectivity index (χ0v) is 10.4. The average Bonchev–Trinajstić information content (AvgIpc) is 1.77. The van der Waals surface area contributed by atoms with E-state index in [0.717, 1.165) is 19.3 Å². The van der Waals surface area contributed by atoms with Gasteiger partial charge in [-0.2, -0.15) is 0 Å². The fourth-order valence-electron chi connectivity index (χ4n) is 1.33. The van der Waals surface area contributed by atoms with Crippen LogP contribution in [0.5, 0.6) is 0 Å². The molecular formula is C6H12BF3KN. The molecule has 12 heavy (non-hydrogen) atoms. The van der Waals surface area contributed by atoms with Gasteiger partial charge in [-0.15, -0.1) is 0 Å².